The topological polar surface area (TPSA) is 40.5 Å². The van der Waals surface area contributed by atoms with Crippen molar-refractivity contribution in [1.82, 2.24) is 4.31 Å². The van der Waals surface area contributed by atoms with E-state index in [9.17, 15) is 4.21 Å². The van der Waals surface area contributed by atoms with E-state index in [4.69, 9.17) is 5.11 Å². The summed E-state index contributed by atoms with van der Waals surface area (Å²) in [6.07, 6.45) is 2.95. The molecule has 1 heterocycles. The predicted octanol–water partition coefficient (Wildman–Crippen LogP) is 2.93. The Morgan fingerprint density at radius 3 is 2.35 bits per heavy atom. The molecule has 4 heteroatoms. The second-order valence-corrected chi connectivity index (χ2v) is 7.34. The Kier molecular flexibility index (Phi) is 5.75. The second kappa shape index (κ2) is 7.34. The smallest absolute Gasteiger partial charge is 0.127 e. The molecule has 1 atom stereocenters. The molecule has 0 radical (unpaired) electrons. The number of rotatable bonds is 5. The molecule has 0 spiro atoms. The Morgan fingerprint density at radius 1 is 1.25 bits per heavy atom. The summed E-state index contributed by atoms with van der Waals surface area (Å²) in [7, 11) is -1.04. The Hall–Kier alpha value is -0.710. The fourth-order valence-electron chi connectivity index (χ4n) is 2.66. The van der Waals surface area contributed by atoms with Crippen molar-refractivity contribution in [3.05, 3.63) is 29.8 Å². The molecule has 1 fully saturated rings. The van der Waals surface area contributed by atoms with Gasteiger partial charge in [-0.25, -0.2) is 8.51 Å². The molecule has 1 aromatic carbocycles. The van der Waals surface area contributed by atoms with Crippen LogP contribution in [-0.4, -0.2) is 33.3 Å². The van der Waals surface area contributed by atoms with Crippen molar-refractivity contribution >= 4 is 11.0 Å². The Balaban J connectivity index is 1.95. The molecule has 3 nitrogen and oxygen atoms in total. The van der Waals surface area contributed by atoms with Crippen LogP contribution >= 0.6 is 0 Å². The number of piperidine rings is 1. The van der Waals surface area contributed by atoms with Crippen LogP contribution in [0.2, 0.25) is 0 Å². The maximum absolute atomic E-state index is 12.5. The first-order chi connectivity index (χ1) is 9.61. The summed E-state index contributed by atoms with van der Waals surface area (Å²) < 4.78 is 14.6. The van der Waals surface area contributed by atoms with E-state index in [0.29, 0.717) is 11.8 Å². The first-order valence-electron chi connectivity index (χ1n) is 7.49. The van der Waals surface area contributed by atoms with E-state index >= 15 is 0 Å². The van der Waals surface area contributed by atoms with Crippen molar-refractivity contribution in [2.24, 2.45) is 5.92 Å². The van der Waals surface area contributed by atoms with Gasteiger partial charge in [-0.05, 0) is 48.8 Å². The van der Waals surface area contributed by atoms with Crippen LogP contribution in [0.4, 0.5) is 0 Å². The van der Waals surface area contributed by atoms with Crippen LogP contribution in [0.25, 0.3) is 0 Å². The van der Waals surface area contributed by atoms with Crippen LogP contribution in [0.3, 0.4) is 0 Å². The van der Waals surface area contributed by atoms with Gasteiger partial charge in [-0.1, -0.05) is 26.0 Å². The zero-order chi connectivity index (χ0) is 14.5. The van der Waals surface area contributed by atoms with E-state index in [1.54, 1.807) is 0 Å². The third-order valence-electron chi connectivity index (χ3n) is 4.09. The van der Waals surface area contributed by atoms with Gasteiger partial charge in [0.15, 0.2) is 0 Å². The molecule has 2 rings (SSSR count). The summed E-state index contributed by atoms with van der Waals surface area (Å²) in [5.74, 6) is 1.10. The van der Waals surface area contributed by atoms with E-state index in [0.717, 1.165) is 37.2 Å². The largest absolute Gasteiger partial charge is 0.396 e. The number of benzene rings is 1. The van der Waals surface area contributed by atoms with Crippen LogP contribution < -0.4 is 0 Å². The highest BCUT2D eigenvalue weighted by Crippen LogP contribution is 2.24. The molecule has 0 amide bonds. The molecule has 1 aliphatic rings. The number of aliphatic hydroxyl groups excluding tert-OH is 1. The number of hydrogen-bond acceptors (Lipinski definition) is 2. The molecular formula is C16H25NO2S. The third-order valence-corrected chi connectivity index (χ3v) is 5.60. The van der Waals surface area contributed by atoms with E-state index < -0.39 is 11.0 Å². The molecular weight excluding hydrogens is 270 g/mol. The molecule has 20 heavy (non-hydrogen) atoms. The lowest BCUT2D eigenvalue weighted by Gasteiger charge is -2.30. The lowest BCUT2D eigenvalue weighted by Crippen LogP contribution is -2.35. The first kappa shape index (κ1) is 15.7. The Labute approximate surface area is 124 Å². The SMILES string of the molecule is CC(C)c1ccc(S(=O)N2CCC(CCO)CC2)cc1. The zero-order valence-corrected chi connectivity index (χ0v) is 13.2. The maximum Gasteiger partial charge on any atom is 0.127 e. The standard InChI is InChI=1S/C16H25NO2S/c1-13(2)15-3-5-16(6-4-15)20(19)17-10-7-14(8-11-17)9-12-18/h3-6,13-14,18H,7-12H2,1-2H3. The highest BCUT2D eigenvalue weighted by atomic mass is 32.2. The molecule has 0 bridgehead atoms. The van der Waals surface area contributed by atoms with E-state index in [1.807, 2.05) is 12.1 Å². The van der Waals surface area contributed by atoms with Gasteiger partial charge in [0.05, 0.1) is 4.90 Å². The zero-order valence-electron chi connectivity index (χ0n) is 12.4. The lowest BCUT2D eigenvalue weighted by atomic mass is 9.95. The van der Waals surface area contributed by atoms with Crippen molar-refractivity contribution in [1.29, 1.82) is 0 Å². The average Bonchev–Trinajstić information content (AvgIpc) is 2.48. The Morgan fingerprint density at radius 2 is 1.85 bits per heavy atom. The predicted molar refractivity (Wildman–Crippen MR) is 82.9 cm³/mol. The third kappa shape index (κ3) is 3.90. The number of aliphatic hydroxyl groups is 1. The fraction of sp³-hybridized carbons (Fsp3) is 0.625. The molecule has 1 N–H and O–H groups in total. The van der Waals surface area contributed by atoms with Crippen LogP contribution in [0.1, 0.15) is 44.6 Å². The molecule has 0 aromatic heterocycles. The van der Waals surface area contributed by atoms with Crippen molar-refractivity contribution in [2.75, 3.05) is 19.7 Å². The van der Waals surface area contributed by atoms with Gasteiger partial charge in [-0.2, -0.15) is 0 Å². The minimum atomic E-state index is -1.04. The van der Waals surface area contributed by atoms with Gasteiger partial charge in [0.1, 0.15) is 11.0 Å². The summed E-state index contributed by atoms with van der Waals surface area (Å²) in [5, 5.41) is 8.97. The number of nitrogens with zero attached hydrogens (tertiary/aromatic N) is 1. The lowest BCUT2D eigenvalue weighted by molar-refractivity contribution is 0.211. The summed E-state index contributed by atoms with van der Waals surface area (Å²) in [6.45, 7) is 6.33. The molecule has 1 aliphatic heterocycles. The van der Waals surface area contributed by atoms with E-state index in [1.165, 1.54) is 5.56 Å². The van der Waals surface area contributed by atoms with Gasteiger partial charge in [0.25, 0.3) is 0 Å². The molecule has 0 saturated carbocycles. The van der Waals surface area contributed by atoms with Crippen molar-refractivity contribution in [2.45, 2.75) is 43.9 Å². The molecule has 1 saturated heterocycles. The highest BCUT2D eigenvalue weighted by molar-refractivity contribution is 7.82. The molecule has 112 valence electrons. The van der Waals surface area contributed by atoms with Gasteiger partial charge in [-0.3, -0.25) is 0 Å². The van der Waals surface area contributed by atoms with Crippen molar-refractivity contribution < 1.29 is 9.32 Å². The Bertz CT molecular complexity index is 436. The summed E-state index contributed by atoms with van der Waals surface area (Å²) in [5.41, 5.74) is 1.28. The summed E-state index contributed by atoms with van der Waals surface area (Å²) >= 11 is 0. The molecule has 1 aromatic rings. The normalized spacial score (nSPS) is 19.4. The van der Waals surface area contributed by atoms with Crippen LogP contribution in [-0.2, 0) is 11.0 Å². The minimum absolute atomic E-state index is 0.268. The van der Waals surface area contributed by atoms with Gasteiger partial charge in [0.2, 0.25) is 0 Å². The van der Waals surface area contributed by atoms with Crippen molar-refractivity contribution in [3.63, 3.8) is 0 Å². The average molecular weight is 295 g/mol. The van der Waals surface area contributed by atoms with Gasteiger partial charge < -0.3 is 5.11 Å². The monoisotopic (exact) mass is 295 g/mol. The molecule has 0 aliphatic carbocycles. The minimum Gasteiger partial charge on any atom is -0.396 e. The second-order valence-electron chi connectivity index (χ2n) is 5.86. The van der Waals surface area contributed by atoms with Gasteiger partial charge in [-0.15, -0.1) is 0 Å². The highest BCUT2D eigenvalue weighted by Gasteiger charge is 2.23. The fourth-order valence-corrected chi connectivity index (χ4v) is 3.87. The van der Waals surface area contributed by atoms with E-state index in [-0.39, 0.29) is 6.61 Å². The van der Waals surface area contributed by atoms with E-state index in [2.05, 4.69) is 30.3 Å². The van der Waals surface area contributed by atoms with Crippen LogP contribution in [0.5, 0.6) is 0 Å². The quantitative estimate of drug-likeness (QED) is 0.907. The van der Waals surface area contributed by atoms with Gasteiger partial charge >= 0.3 is 0 Å². The number of hydrogen-bond donors (Lipinski definition) is 1. The first-order valence-corrected chi connectivity index (χ1v) is 8.60. The van der Waals surface area contributed by atoms with Gasteiger partial charge in [0, 0.05) is 19.7 Å². The van der Waals surface area contributed by atoms with Crippen LogP contribution in [0.15, 0.2) is 29.2 Å². The summed E-state index contributed by atoms with van der Waals surface area (Å²) in [4.78, 5) is 0.898. The van der Waals surface area contributed by atoms with Crippen LogP contribution in [0, 0.1) is 5.92 Å². The van der Waals surface area contributed by atoms with Crippen molar-refractivity contribution in [3.8, 4) is 0 Å². The maximum atomic E-state index is 12.5. The summed E-state index contributed by atoms with van der Waals surface area (Å²) in [6, 6.07) is 8.14. The molecule has 1 unspecified atom stereocenters.